The van der Waals surface area contributed by atoms with Crippen molar-refractivity contribution in [1.29, 1.82) is 0 Å². The number of guanidine groups is 1. The first-order valence-electron chi connectivity index (χ1n) is 12.9. The van der Waals surface area contributed by atoms with E-state index in [2.05, 4.69) is 15.6 Å². The molecule has 0 bridgehead atoms. The van der Waals surface area contributed by atoms with Gasteiger partial charge in [-0.2, -0.15) is 0 Å². The molecule has 5 atom stereocenters. The Morgan fingerprint density at radius 1 is 1.21 bits per heavy atom. The number of nitrogens with one attached hydrogen (secondary N) is 2. The van der Waals surface area contributed by atoms with Crippen LogP contribution in [0.5, 0.6) is 11.5 Å². The zero-order chi connectivity index (χ0) is 31.5. The maximum absolute atomic E-state index is 12.6. The number of aliphatic carboxylic acids is 1. The lowest BCUT2D eigenvalue weighted by Crippen LogP contribution is -2.61. The predicted octanol–water partition coefficient (Wildman–Crippen LogP) is -1.68. The van der Waals surface area contributed by atoms with Gasteiger partial charge in [0.25, 0.3) is 0 Å². The molecule has 0 unspecified atom stereocenters. The minimum atomic E-state index is -1.77. The van der Waals surface area contributed by atoms with Gasteiger partial charge < -0.3 is 61.1 Å². The van der Waals surface area contributed by atoms with Crippen LogP contribution >= 0.6 is 0 Å². The molecule has 1 aromatic carbocycles. The summed E-state index contributed by atoms with van der Waals surface area (Å²) in [6.07, 6.45) is -2.10. The number of amides is 2. The molecule has 234 valence electrons. The van der Waals surface area contributed by atoms with E-state index in [0.29, 0.717) is 17.1 Å². The van der Waals surface area contributed by atoms with Crippen molar-refractivity contribution >= 4 is 36.0 Å². The van der Waals surface area contributed by atoms with Crippen LogP contribution in [-0.2, 0) is 28.6 Å². The van der Waals surface area contributed by atoms with Crippen LogP contribution in [0, 0.1) is 0 Å². The Labute approximate surface area is 245 Å². The predicted molar refractivity (Wildman–Crippen MR) is 146 cm³/mol. The molecule has 2 aliphatic rings. The molecule has 0 saturated carbocycles. The van der Waals surface area contributed by atoms with Crippen molar-refractivity contribution < 1.29 is 58.2 Å². The Hall–Kier alpha value is -5.03. The largest absolute Gasteiger partial charge is 0.477 e. The van der Waals surface area contributed by atoms with Crippen molar-refractivity contribution in [1.82, 2.24) is 10.6 Å². The minimum Gasteiger partial charge on any atom is -0.477 e. The minimum absolute atomic E-state index is 0.0303. The van der Waals surface area contributed by atoms with E-state index in [1.807, 2.05) is 0 Å². The van der Waals surface area contributed by atoms with Crippen molar-refractivity contribution in [2.45, 2.75) is 43.7 Å². The monoisotopic (exact) mass is 607 g/mol. The molecule has 3 rings (SSSR count). The summed E-state index contributed by atoms with van der Waals surface area (Å²) in [6, 6.07) is 2.76. The Kier molecular flexibility index (Phi) is 11.5. The summed E-state index contributed by atoms with van der Waals surface area (Å²) in [6.45, 7) is 0.280. The molecule has 0 radical (unpaired) electrons. The van der Waals surface area contributed by atoms with Gasteiger partial charge in [0.1, 0.15) is 6.10 Å². The lowest BCUT2D eigenvalue weighted by Gasteiger charge is -2.39. The number of nitrogens with zero attached hydrogens (tertiary/aromatic N) is 1. The van der Waals surface area contributed by atoms with Gasteiger partial charge in [0.2, 0.25) is 18.5 Å². The van der Waals surface area contributed by atoms with Gasteiger partial charge in [-0.05, 0) is 36.3 Å². The number of hydrogen-bond donors (Lipinski definition) is 7. The summed E-state index contributed by atoms with van der Waals surface area (Å²) in [4.78, 5) is 52.0. The normalized spacial score (nSPS) is 20.2. The highest BCUT2D eigenvalue weighted by atomic mass is 16.7. The Bertz CT molecular complexity index is 1280. The van der Waals surface area contributed by atoms with Crippen molar-refractivity contribution in [3.63, 3.8) is 0 Å². The van der Waals surface area contributed by atoms with Crippen LogP contribution in [0.15, 0.2) is 41.1 Å². The highest BCUT2D eigenvalue weighted by molar-refractivity contribution is 5.87. The molecule has 43 heavy (non-hydrogen) atoms. The number of fused-ring (bicyclic) bond motifs is 1. The zero-order valence-corrected chi connectivity index (χ0v) is 23.0. The van der Waals surface area contributed by atoms with E-state index in [9.17, 15) is 34.5 Å². The number of carbonyl (C=O) groups is 4. The van der Waals surface area contributed by atoms with E-state index in [4.69, 9.17) is 35.2 Å². The Morgan fingerprint density at radius 2 is 1.95 bits per heavy atom. The second-order valence-electron chi connectivity index (χ2n) is 9.20. The molecule has 9 N–H and O–H groups in total. The molecule has 17 nitrogen and oxygen atoms in total. The van der Waals surface area contributed by atoms with Crippen molar-refractivity contribution in [3.05, 3.63) is 41.7 Å². The van der Waals surface area contributed by atoms with E-state index >= 15 is 0 Å². The maximum atomic E-state index is 12.6. The SMILES string of the molecule is CC(=O)N[C@H]1[C@H]([C@H](OC(=O)NCCCOC(=O)/C=C/c2ccc3c(c2)OCO3)[C@H](O)CO)OC(C(=O)O)=C[C@@H]1N=C(N)N. The fourth-order valence-corrected chi connectivity index (χ4v) is 4.10. The molecular weight excluding hydrogens is 574 g/mol. The second-order valence-corrected chi connectivity index (χ2v) is 9.20. The van der Waals surface area contributed by atoms with Crippen LogP contribution in [0.25, 0.3) is 6.08 Å². The summed E-state index contributed by atoms with van der Waals surface area (Å²) in [7, 11) is 0. The number of benzene rings is 1. The number of esters is 1. The lowest BCUT2D eigenvalue weighted by molar-refractivity contribution is -0.146. The second kappa shape index (κ2) is 15.3. The average molecular weight is 608 g/mol. The van der Waals surface area contributed by atoms with Gasteiger partial charge in [0.05, 0.1) is 25.3 Å². The lowest BCUT2D eigenvalue weighted by atomic mass is 9.92. The van der Waals surface area contributed by atoms with Gasteiger partial charge >= 0.3 is 18.0 Å². The van der Waals surface area contributed by atoms with Gasteiger partial charge in [-0.15, -0.1) is 0 Å². The first-order valence-corrected chi connectivity index (χ1v) is 12.9. The third-order valence-electron chi connectivity index (χ3n) is 5.96. The summed E-state index contributed by atoms with van der Waals surface area (Å²) in [5.74, 6) is -2.65. The van der Waals surface area contributed by atoms with Crippen LogP contribution < -0.4 is 31.6 Å². The number of hydrogen-bond acceptors (Lipinski definition) is 12. The fraction of sp³-hybridized carbons (Fsp3) is 0.423. The molecule has 0 aromatic heterocycles. The first-order chi connectivity index (χ1) is 20.5. The molecule has 0 spiro atoms. The van der Waals surface area contributed by atoms with Gasteiger partial charge in [-0.1, -0.05) is 6.07 Å². The van der Waals surface area contributed by atoms with Gasteiger partial charge in [-0.3, -0.25) is 4.79 Å². The molecule has 0 fully saturated rings. The molecule has 0 aliphatic carbocycles. The topological polar surface area (TPSA) is 264 Å². The van der Waals surface area contributed by atoms with Crippen LogP contribution in [0.4, 0.5) is 4.79 Å². The van der Waals surface area contributed by atoms with Gasteiger partial charge in [-0.25, -0.2) is 19.4 Å². The summed E-state index contributed by atoms with van der Waals surface area (Å²) in [5.41, 5.74) is 11.6. The Morgan fingerprint density at radius 3 is 2.63 bits per heavy atom. The van der Waals surface area contributed by atoms with E-state index in [0.717, 1.165) is 13.0 Å². The van der Waals surface area contributed by atoms with Gasteiger partial charge in [0, 0.05) is 19.5 Å². The number of aliphatic imine (C=N–C) groups is 1. The maximum Gasteiger partial charge on any atom is 0.407 e. The highest BCUT2D eigenvalue weighted by Crippen LogP contribution is 2.32. The van der Waals surface area contributed by atoms with Crippen molar-refractivity contribution in [2.24, 2.45) is 16.5 Å². The smallest absolute Gasteiger partial charge is 0.407 e. The standard InChI is InChI=1S/C26H33N5O12/c1-13(33)30-21-15(31-25(27)28)10-19(24(36)37)42-23(21)22(16(34)11-32)43-26(38)29-7-2-8-39-20(35)6-4-14-3-5-17-18(9-14)41-12-40-17/h3-6,9-10,15-16,21-23,32,34H,2,7-8,11-12H2,1H3,(H,29,38)(H,30,33)(H,36,37)(H4,27,28,31)/b6-4+/t15-,16+,21+,22+,23+/m0/s1. The number of rotatable bonds is 13. The van der Waals surface area contributed by atoms with Gasteiger partial charge in [0.15, 0.2) is 29.7 Å². The van der Waals surface area contributed by atoms with Crippen molar-refractivity contribution in [2.75, 3.05) is 26.6 Å². The number of carboxylic acid groups (broad SMARTS) is 1. The van der Waals surface area contributed by atoms with E-state index in [1.165, 1.54) is 12.2 Å². The van der Waals surface area contributed by atoms with Crippen LogP contribution in [-0.4, -0.2) is 102 Å². The quantitative estimate of drug-likeness (QED) is 0.0434. The molecule has 2 amide bonds. The average Bonchev–Trinajstić information content (AvgIpc) is 3.42. The summed E-state index contributed by atoms with van der Waals surface area (Å²) in [5, 5.41) is 34.4. The third-order valence-corrected chi connectivity index (χ3v) is 5.96. The molecular formula is C26H33N5O12. The molecule has 2 heterocycles. The third kappa shape index (κ3) is 9.50. The molecule has 17 heteroatoms. The number of alkyl carbamates (subject to hydrolysis) is 1. The van der Waals surface area contributed by atoms with E-state index in [1.54, 1.807) is 18.2 Å². The number of nitrogens with two attached hydrogens (primary N) is 2. The number of aliphatic hydroxyl groups is 2. The number of aliphatic hydroxyl groups excluding tert-OH is 2. The van der Waals surface area contributed by atoms with Crippen molar-refractivity contribution in [3.8, 4) is 11.5 Å². The summed E-state index contributed by atoms with van der Waals surface area (Å²) < 4.78 is 26.3. The molecule has 0 saturated heterocycles. The number of carboxylic acids is 1. The molecule has 2 aliphatic heterocycles. The van der Waals surface area contributed by atoms with E-state index in [-0.39, 0.29) is 26.4 Å². The Balaban J connectivity index is 1.56. The van der Waals surface area contributed by atoms with Crippen LogP contribution in [0.3, 0.4) is 0 Å². The number of carbonyl (C=O) groups excluding carboxylic acids is 3. The van der Waals surface area contributed by atoms with Crippen LogP contribution in [0.1, 0.15) is 18.9 Å². The summed E-state index contributed by atoms with van der Waals surface area (Å²) >= 11 is 0. The first kappa shape index (κ1) is 32.5. The fourth-order valence-electron chi connectivity index (χ4n) is 4.10. The van der Waals surface area contributed by atoms with Crippen LogP contribution in [0.2, 0.25) is 0 Å². The number of ether oxygens (including phenoxy) is 5. The molecule has 1 aromatic rings. The highest BCUT2D eigenvalue weighted by Gasteiger charge is 2.46. The zero-order valence-electron chi connectivity index (χ0n) is 23.0. The van der Waals surface area contributed by atoms with E-state index < -0.39 is 72.7 Å².